The van der Waals surface area contributed by atoms with E-state index in [1.54, 1.807) is 22.9 Å². The predicted molar refractivity (Wildman–Crippen MR) is 148 cm³/mol. The smallest absolute Gasteiger partial charge is 0.399 e. The van der Waals surface area contributed by atoms with Gasteiger partial charge in [-0.3, -0.25) is 10.1 Å². The van der Waals surface area contributed by atoms with Crippen molar-refractivity contribution in [3.05, 3.63) is 64.8 Å². The highest BCUT2D eigenvalue weighted by atomic mass is 35.5. The number of benzene rings is 2. The van der Waals surface area contributed by atoms with E-state index in [1.807, 2.05) is 71.9 Å². The number of rotatable bonds is 5. The van der Waals surface area contributed by atoms with Gasteiger partial charge in [-0.25, -0.2) is 9.48 Å². The fourth-order valence-corrected chi connectivity index (χ4v) is 4.52. The van der Waals surface area contributed by atoms with Crippen molar-refractivity contribution >= 4 is 47.6 Å². The van der Waals surface area contributed by atoms with Gasteiger partial charge in [0.1, 0.15) is 11.2 Å². The Morgan fingerprint density at radius 2 is 1.68 bits per heavy atom. The maximum atomic E-state index is 13.0. The second kappa shape index (κ2) is 9.15. The molecule has 9 nitrogen and oxygen atoms in total. The van der Waals surface area contributed by atoms with Crippen LogP contribution < -0.4 is 21.4 Å². The molecule has 5 rings (SSSR count). The molecule has 1 unspecified atom stereocenters. The Hall–Kier alpha value is -3.34. The number of aromatic nitrogens is 2. The van der Waals surface area contributed by atoms with Gasteiger partial charge in [0.05, 0.1) is 33.3 Å². The molecule has 0 aliphatic carbocycles. The standard InChI is InChI=1S/C27H31BClN5O4/c1-16-7-10-18(11-8-16)34-22(14-21(33-34)27(6)15-30-23(27)35)32-24(36)31-20-12-9-17(13-19(20)29)28-37-25(2,3)26(4,5)38-28/h7-14H,15H2,1-6H3,(H,30,35)(H2,31,32,36). The number of carbonyl (C=O) groups excluding carboxylic acids is 2. The molecule has 0 spiro atoms. The first kappa shape index (κ1) is 26.3. The van der Waals surface area contributed by atoms with E-state index in [4.69, 9.17) is 20.9 Å². The lowest BCUT2D eigenvalue weighted by molar-refractivity contribution is -0.133. The Bertz CT molecular complexity index is 1410. The number of anilines is 2. The van der Waals surface area contributed by atoms with Crippen molar-refractivity contribution in [3.8, 4) is 5.69 Å². The van der Waals surface area contributed by atoms with E-state index in [2.05, 4.69) is 21.0 Å². The Balaban J connectivity index is 1.36. The van der Waals surface area contributed by atoms with Crippen LogP contribution in [0.2, 0.25) is 5.02 Å². The lowest BCUT2D eigenvalue weighted by Crippen LogP contribution is -2.60. The summed E-state index contributed by atoms with van der Waals surface area (Å²) in [6.45, 7) is 12.2. The molecule has 3 heterocycles. The van der Waals surface area contributed by atoms with Crippen LogP contribution >= 0.6 is 11.6 Å². The van der Waals surface area contributed by atoms with Crippen LogP contribution in [0, 0.1) is 6.92 Å². The molecular formula is C27H31BClN5O4. The Morgan fingerprint density at radius 3 is 2.24 bits per heavy atom. The topological polar surface area (TPSA) is 107 Å². The number of aryl methyl sites for hydroxylation is 1. The van der Waals surface area contributed by atoms with E-state index in [0.29, 0.717) is 28.8 Å². The van der Waals surface area contributed by atoms with Crippen molar-refractivity contribution in [2.75, 3.05) is 17.2 Å². The molecule has 2 aromatic carbocycles. The van der Waals surface area contributed by atoms with Crippen LogP contribution in [-0.2, 0) is 19.5 Å². The zero-order valence-corrected chi connectivity index (χ0v) is 23.1. The Kier molecular flexibility index (Phi) is 6.33. The monoisotopic (exact) mass is 535 g/mol. The molecule has 2 aliphatic rings. The van der Waals surface area contributed by atoms with Gasteiger partial charge in [0, 0.05) is 12.6 Å². The Morgan fingerprint density at radius 1 is 1.03 bits per heavy atom. The van der Waals surface area contributed by atoms with Gasteiger partial charge in [0.15, 0.2) is 0 Å². The number of β-lactam (4-membered cyclic amide) rings is 1. The summed E-state index contributed by atoms with van der Waals surface area (Å²) < 4.78 is 13.8. The molecule has 0 radical (unpaired) electrons. The van der Waals surface area contributed by atoms with E-state index in [1.165, 1.54) is 0 Å². The average molecular weight is 536 g/mol. The maximum Gasteiger partial charge on any atom is 0.494 e. The number of halogens is 1. The second-order valence-corrected chi connectivity index (χ2v) is 11.5. The van der Waals surface area contributed by atoms with Crippen molar-refractivity contribution in [2.24, 2.45) is 0 Å². The van der Waals surface area contributed by atoms with Gasteiger partial charge in [-0.1, -0.05) is 35.4 Å². The quantitative estimate of drug-likeness (QED) is 0.336. The van der Waals surface area contributed by atoms with Crippen LogP contribution in [0.25, 0.3) is 5.69 Å². The highest BCUT2D eigenvalue weighted by Crippen LogP contribution is 2.37. The van der Waals surface area contributed by atoms with Crippen LogP contribution in [0.1, 0.15) is 45.9 Å². The third-order valence-electron chi connectivity index (χ3n) is 7.67. The average Bonchev–Trinajstić information content (AvgIpc) is 3.36. The van der Waals surface area contributed by atoms with Gasteiger partial charge in [-0.05, 0) is 71.3 Å². The second-order valence-electron chi connectivity index (χ2n) is 11.1. The summed E-state index contributed by atoms with van der Waals surface area (Å²) in [4.78, 5) is 25.3. The van der Waals surface area contributed by atoms with E-state index in [0.717, 1.165) is 16.7 Å². The summed E-state index contributed by atoms with van der Waals surface area (Å²) in [7, 11) is -0.562. The summed E-state index contributed by atoms with van der Waals surface area (Å²) in [6.07, 6.45) is 0. The first-order chi connectivity index (χ1) is 17.8. The number of nitrogens with one attached hydrogen (secondary N) is 3. The number of urea groups is 1. The van der Waals surface area contributed by atoms with Gasteiger partial charge in [0.2, 0.25) is 5.91 Å². The predicted octanol–water partition coefficient (Wildman–Crippen LogP) is 4.16. The van der Waals surface area contributed by atoms with Crippen LogP contribution in [0.15, 0.2) is 48.5 Å². The van der Waals surface area contributed by atoms with Crippen LogP contribution in [0.5, 0.6) is 0 Å². The van der Waals surface area contributed by atoms with Gasteiger partial charge >= 0.3 is 13.1 Å². The number of carbonyl (C=O) groups is 2. The summed E-state index contributed by atoms with van der Waals surface area (Å²) in [5.41, 5.74) is 1.90. The molecule has 2 saturated heterocycles. The zero-order valence-electron chi connectivity index (χ0n) is 22.3. The summed E-state index contributed by atoms with van der Waals surface area (Å²) in [6, 6.07) is 14.2. The van der Waals surface area contributed by atoms with Crippen LogP contribution in [-0.4, -0.2) is 46.6 Å². The molecule has 3 aromatic rings. The number of hydrogen-bond donors (Lipinski definition) is 3. The number of hydrogen-bond acceptors (Lipinski definition) is 5. The minimum Gasteiger partial charge on any atom is -0.399 e. The van der Waals surface area contributed by atoms with Crippen molar-refractivity contribution < 1.29 is 18.9 Å². The molecule has 2 aliphatic heterocycles. The minimum atomic E-state index is -0.754. The molecule has 0 bridgehead atoms. The lowest BCUT2D eigenvalue weighted by atomic mass is 9.79. The maximum absolute atomic E-state index is 13.0. The molecule has 1 atom stereocenters. The van der Waals surface area contributed by atoms with Crippen LogP contribution in [0.3, 0.4) is 0 Å². The largest absolute Gasteiger partial charge is 0.494 e. The summed E-state index contributed by atoms with van der Waals surface area (Å²) >= 11 is 6.53. The molecule has 38 heavy (non-hydrogen) atoms. The molecule has 11 heteroatoms. The summed E-state index contributed by atoms with van der Waals surface area (Å²) in [5, 5.41) is 13.4. The molecular weight excluding hydrogens is 505 g/mol. The van der Waals surface area contributed by atoms with Crippen molar-refractivity contribution in [1.82, 2.24) is 15.1 Å². The highest BCUT2D eigenvalue weighted by molar-refractivity contribution is 6.62. The fraction of sp³-hybridized carbons (Fsp3) is 0.370. The molecule has 3 N–H and O–H groups in total. The van der Waals surface area contributed by atoms with Crippen molar-refractivity contribution in [1.29, 1.82) is 0 Å². The van der Waals surface area contributed by atoms with Gasteiger partial charge in [0.25, 0.3) is 0 Å². The first-order valence-electron chi connectivity index (χ1n) is 12.5. The number of amides is 3. The van der Waals surface area contributed by atoms with Crippen molar-refractivity contribution in [3.63, 3.8) is 0 Å². The highest BCUT2D eigenvalue weighted by Gasteiger charge is 2.51. The van der Waals surface area contributed by atoms with Crippen molar-refractivity contribution in [2.45, 2.75) is 58.2 Å². The lowest BCUT2D eigenvalue weighted by Gasteiger charge is -2.35. The molecule has 1 aromatic heterocycles. The Labute approximate surface area is 227 Å². The van der Waals surface area contributed by atoms with Gasteiger partial charge in [-0.15, -0.1) is 0 Å². The molecule has 198 valence electrons. The number of nitrogens with zero attached hydrogens (tertiary/aromatic N) is 2. The van der Waals surface area contributed by atoms with E-state index in [-0.39, 0.29) is 5.91 Å². The first-order valence-corrected chi connectivity index (χ1v) is 12.9. The SMILES string of the molecule is Cc1ccc(-n2nc(C3(C)CNC3=O)cc2NC(=O)Nc2ccc(B3OC(C)(C)C(C)(C)O3)cc2Cl)cc1. The van der Waals surface area contributed by atoms with Gasteiger partial charge < -0.3 is 19.9 Å². The van der Waals surface area contributed by atoms with E-state index >= 15 is 0 Å². The third kappa shape index (κ3) is 4.57. The fourth-order valence-electron chi connectivity index (χ4n) is 4.28. The van der Waals surface area contributed by atoms with E-state index < -0.39 is 29.8 Å². The normalized spacial score (nSPS) is 21.6. The van der Waals surface area contributed by atoms with Crippen LogP contribution in [0.4, 0.5) is 16.3 Å². The zero-order chi connectivity index (χ0) is 27.5. The molecule has 3 amide bonds. The van der Waals surface area contributed by atoms with E-state index in [9.17, 15) is 9.59 Å². The molecule has 0 saturated carbocycles. The minimum absolute atomic E-state index is 0.101. The summed E-state index contributed by atoms with van der Waals surface area (Å²) in [5.74, 6) is 0.322. The molecule has 2 fully saturated rings. The third-order valence-corrected chi connectivity index (χ3v) is 7.98. The van der Waals surface area contributed by atoms with Gasteiger partial charge in [-0.2, -0.15) is 5.10 Å².